The van der Waals surface area contributed by atoms with Crippen LogP contribution in [0.25, 0.3) is 6.08 Å². The number of fused-ring (bicyclic) bond motifs is 7. The summed E-state index contributed by atoms with van der Waals surface area (Å²) in [6.07, 6.45) is 12.9. The largest absolute Gasteiger partial charge is 0.481 e. The molecule has 1 aromatic carbocycles. The highest BCUT2D eigenvalue weighted by molar-refractivity contribution is 5.87. The van der Waals surface area contributed by atoms with E-state index in [1.807, 2.05) is 36.4 Å². The van der Waals surface area contributed by atoms with Gasteiger partial charge in [0, 0.05) is 18.6 Å². The van der Waals surface area contributed by atoms with Crippen molar-refractivity contribution in [3.05, 3.63) is 53.6 Å². The number of hydrogen-bond acceptors (Lipinski definition) is 4. The maximum absolute atomic E-state index is 13.2. The van der Waals surface area contributed by atoms with E-state index in [9.17, 15) is 14.7 Å². The molecule has 0 amide bonds. The van der Waals surface area contributed by atoms with Crippen LogP contribution in [-0.2, 0) is 19.1 Å². The summed E-state index contributed by atoms with van der Waals surface area (Å²) in [5.74, 6) is 0.938. The molecule has 0 radical (unpaired) electrons. The number of carboxylic acid groups (broad SMARTS) is 1. The minimum atomic E-state index is -0.623. The van der Waals surface area contributed by atoms with Gasteiger partial charge in [-0.1, -0.05) is 90.4 Å². The summed E-state index contributed by atoms with van der Waals surface area (Å²) < 4.78 is 12.5. The Morgan fingerprint density at radius 1 is 0.933 bits per heavy atom. The van der Waals surface area contributed by atoms with E-state index in [0.717, 1.165) is 56.9 Å². The number of aliphatic carboxylic acids is 1. The molecule has 11 atom stereocenters. The van der Waals surface area contributed by atoms with Gasteiger partial charge in [0.15, 0.2) is 0 Å². The fourth-order valence-corrected chi connectivity index (χ4v) is 12.3. The maximum atomic E-state index is 13.2. The zero-order valence-electron chi connectivity index (χ0n) is 28.9. The Labute approximate surface area is 271 Å². The SMILES string of the molecule is CO[C@H]1C[C@@]2(C)C(CC[C@]3(C)C2CC=C2C4[C@@H](C)[C@H](C)CC[C@]4(C(=O)O)CC[C@]23C)C(C)(C)[C@@H]1OC(=O)/C=C/c1ccccc1. The van der Waals surface area contributed by atoms with Crippen LogP contribution in [0, 0.1) is 56.7 Å². The van der Waals surface area contributed by atoms with Crippen LogP contribution >= 0.6 is 0 Å². The van der Waals surface area contributed by atoms with Crippen LogP contribution in [0.3, 0.4) is 0 Å². The van der Waals surface area contributed by atoms with Crippen LogP contribution < -0.4 is 0 Å². The van der Waals surface area contributed by atoms with Crippen molar-refractivity contribution in [2.45, 2.75) is 112 Å². The first-order chi connectivity index (χ1) is 21.2. The molecule has 0 saturated heterocycles. The first-order valence-electron chi connectivity index (χ1n) is 17.6. The van der Waals surface area contributed by atoms with E-state index in [-0.39, 0.29) is 45.8 Å². The first kappa shape index (κ1) is 32.5. The fourth-order valence-electron chi connectivity index (χ4n) is 12.3. The van der Waals surface area contributed by atoms with Crippen LogP contribution in [-0.4, -0.2) is 36.4 Å². The Balaban J connectivity index is 1.33. The number of methoxy groups -OCH3 is 1. The summed E-state index contributed by atoms with van der Waals surface area (Å²) in [6.45, 7) is 16.8. The second-order valence-corrected chi connectivity index (χ2v) is 17.0. The van der Waals surface area contributed by atoms with E-state index in [1.165, 1.54) is 5.57 Å². The lowest BCUT2D eigenvalue weighted by Gasteiger charge is -2.71. The van der Waals surface area contributed by atoms with Gasteiger partial charge in [-0.3, -0.25) is 4.79 Å². The molecule has 4 fully saturated rings. The highest BCUT2D eigenvalue weighted by atomic mass is 16.6. The molecule has 45 heavy (non-hydrogen) atoms. The molecule has 1 aromatic rings. The predicted octanol–water partition coefficient (Wildman–Crippen LogP) is 8.98. The Hall–Kier alpha value is -2.40. The predicted molar refractivity (Wildman–Crippen MR) is 178 cm³/mol. The third-order valence-corrected chi connectivity index (χ3v) is 15.0. The number of carbonyl (C=O) groups excluding carboxylic acids is 1. The molecule has 0 bridgehead atoms. The van der Waals surface area contributed by atoms with Crippen molar-refractivity contribution in [3.63, 3.8) is 0 Å². The molecular weight excluding hydrogens is 560 g/mol. The minimum absolute atomic E-state index is 0.00217. The summed E-state index contributed by atoms with van der Waals surface area (Å²) in [4.78, 5) is 26.2. The summed E-state index contributed by atoms with van der Waals surface area (Å²) >= 11 is 0. The monoisotopic (exact) mass is 616 g/mol. The van der Waals surface area contributed by atoms with E-state index >= 15 is 0 Å². The van der Waals surface area contributed by atoms with Gasteiger partial charge in [-0.15, -0.1) is 0 Å². The Bertz CT molecular complexity index is 1380. The standard InChI is InChI=1S/C40H56O5/c1-25-18-21-40(35(42)43)23-22-38(6)28(33(40)26(25)2)15-16-31-37(5)24-29(44-8)34(36(3,4)30(37)19-20-39(31,38)7)45-32(41)17-14-27-12-10-9-11-13-27/h9-15,17,25-26,29-31,33-34H,16,18-24H2,1-8H3,(H,42,43)/b17-14+/t25-,26+,29+,30?,31?,33?,34-,37+,38-,39-,40+/m1/s1. The van der Waals surface area contributed by atoms with Gasteiger partial charge in [0.2, 0.25) is 0 Å². The summed E-state index contributed by atoms with van der Waals surface area (Å²) in [7, 11) is 1.77. The third kappa shape index (κ3) is 4.64. The van der Waals surface area contributed by atoms with Crippen molar-refractivity contribution >= 4 is 18.0 Å². The molecule has 0 aromatic heterocycles. The third-order valence-electron chi connectivity index (χ3n) is 15.0. The van der Waals surface area contributed by atoms with Gasteiger partial charge in [0.05, 0.1) is 11.5 Å². The first-order valence-corrected chi connectivity index (χ1v) is 17.6. The molecule has 5 aliphatic carbocycles. The molecule has 1 N–H and O–H groups in total. The van der Waals surface area contributed by atoms with Crippen molar-refractivity contribution in [2.24, 2.45) is 56.7 Å². The van der Waals surface area contributed by atoms with Crippen molar-refractivity contribution in [1.82, 2.24) is 0 Å². The van der Waals surface area contributed by atoms with E-state index < -0.39 is 11.4 Å². The molecular formula is C40H56O5. The Kier molecular flexibility index (Phi) is 8.03. The van der Waals surface area contributed by atoms with Crippen LogP contribution in [0.4, 0.5) is 0 Å². The van der Waals surface area contributed by atoms with E-state index in [4.69, 9.17) is 9.47 Å². The molecule has 5 heteroatoms. The number of ether oxygens (including phenoxy) is 2. The molecule has 246 valence electrons. The zero-order chi connectivity index (χ0) is 32.6. The number of allylic oxidation sites excluding steroid dienone is 2. The van der Waals surface area contributed by atoms with E-state index in [0.29, 0.717) is 23.7 Å². The quantitative estimate of drug-likeness (QED) is 0.203. The minimum Gasteiger partial charge on any atom is -0.481 e. The topological polar surface area (TPSA) is 72.8 Å². The van der Waals surface area contributed by atoms with Gasteiger partial charge >= 0.3 is 11.9 Å². The van der Waals surface area contributed by atoms with Gasteiger partial charge in [-0.25, -0.2) is 4.79 Å². The normalized spacial score (nSPS) is 45.3. The molecule has 4 saturated carbocycles. The Morgan fingerprint density at radius 2 is 1.64 bits per heavy atom. The van der Waals surface area contributed by atoms with Gasteiger partial charge in [0.1, 0.15) is 6.10 Å². The maximum Gasteiger partial charge on any atom is 0.331 e. The van der Waals surface area contributed by atoms with Crippen molar-refractivity contribution in [1.29, 1.82) is 0 Å². The van der Waals surface area contributed by atoms with Crippen molar-refractivity contribution in [3.8, 4) is 0 Å². The van der Waals surface area contributed by atoms with Gasteiger partial charge in [-0.05, 0) is 109 Å². The molecule has 5 nitrogen and oxygen atoms in total. The second-order valence-electron chi connectivity index (χ2n) is 17.0. The number of esters is 1. The molecule has 0 aliphatic heterocycles. The molecule has 6 rings (SSSR count). The average molecular weight is 617 g/mol. The lowest BCUT2D eigenvalue weighted by atomic mass is 9.33. The number of carboxylic acids is 1. The number of rotatable bonds is 5. The van der Waals surface area contributed by atoms with Crippen molar-refractivity contribution in [2.75, 3.05) is 7.11 Å². The Morgan fingerprint density at radius 3 is 2.31 bits per heavy atom. The van der Waals surface area contributed by atoms with Gasteiger partial charge in [-0.2, -0.15) is 0 Å². The number of hydrogen-bond donors (Lipinski definition) is 1. The van der Waals surface area contributed by atoms with Crippen LogP contribution in [0.15, 0.2) is 48.1 Å². The van der Waals surface area contributed by atoms with Gasteiger partial charge < -0.3 is 14.6 Å². The highest BCUT2D eigenvalue weighted by Gasteiger charge is 2.70. The molecule has 3 unspecified atom stereocenters. The summed E-state index contributed by atoms with van der Waals surface area (Å²) in [5.41, 5.74) is 1.57. The fraction of sp³-hybridized carbons (Fsp3) is 0.700. The average Bonchev–Trinajstić information content (AvgIpc) is 2.99. The van der Waals surface area contributed by atoms with Crippen LogP contribution in [0.5, 0.6) is 0 Å². The molecule has 5 aliphatic rings. The number of carbonyl (C=O) groups is 2. The van der Waals surface area contributed by atoms with E-state index in [1.54, 1.807) is 13.2 Å². The molecule has 0 spiro atoms. The smallest absolute Gasteiger partial charge is 0.331 e. The summed E-state index contributed by atoms with van der Waals surface area (Å²) in [5, 5.41) is 10.7. The van der Waals surface area contributed by atoms with E-state index in [2.05, 4.69) is 54.5 Å². The highest BCUT2D eigenvalue weighted by Crippen LogP contribution is 2.76. The summed E-state index contributed by atoms with van der Waals surface area (Å²) in [6, 6.07) is 9.84. The lowest BCUT2D eigenvalue weighted by Crippen LogP contribution is -2.67. The lowest BCUT2D eigenvalue weighted by molar-refractivity contribution is -0.242. The zero-order valence-corrected chi connectivity index (χ0v) is 28.9. The van der Waals surface area contributed by atoms with Crippen molar-refractivity contribution < 1.29 is 24.2 Å². The second kappa shape index (κ2) is 11.1. The number of benzene rings is 1. The van der Waals surface area contributed by atoms with Crippen LogP contribution in [0.1, 0.15) is 105 Å². The van der Waals surface area contributed by atoms with Crippen LogP contribution in [0.2, 0.25) is 0 Å². The molecule has 0 heterocycles. The van der Waals surface area contributed by atoms with Gasteiger partial charge in [0.25, 0.3) is 0 Å².